The van der Waals surface area contributed by atoms with Crippen LogP contribution in [-0.2, 0) is 9.53 Å². The molecule has 2 rings (SSSR count). The average Bonchev–Trinajstić information content (AvgIpc) is 2.67. The van der Waals surface area contributed by atoms with E-state index in [9.17, 15) is 4.79 Å². The van der Waals surface area contributed by atoms with Gasteiger partial charge in [0.15, 0.2) is 0 Å². The van der Waals surface area contributed by atoms with Crippen LogP contribution >= 0.6 is 0 Å². The van der Waals surface area contributed by atoms with Crippen molar-refractivity contribution in [1.29, 1.82) is 0 Å². The SMILES string of the molecule is C=CCCOC(C)C(=O)NC(C)CCN1CCN(c2cccc(C)c2)CC1. The van der Waals surface area contributed by atoms with Crippen LogP contribution in [0.5, 0.6) is 0 Å². The lowest BCUT2D eigenvalue weighted by molar-refractivity contribution is -0.132. The maximum Gasteiger partial charge on any atom is 0.249 e. The molecule has 2 atom stereocenters. The summed E-state index contributed by atoms with van der Waals surface area (Å²) in [7, 11) is 0. The Kier molecular flexibility index (Phi) is 8.82. The number of rotatable bonds is 10. The Bertz CT molecular complexity index is 597. The highest BCUT2D eigenvalue weighted by Crippen LogP contribution is 2.17. The van der Waals surface area contributed by atoms with Crippen LogP contribution in [0.15, 0.2) is 36.9 Å². The van der Waals surface area contributed by atoms with E-state index in [1.165, 1.54) is 11.3 Å². The molecule has 0 aromatic heterocycles. The summed E-state index contributed by atoms with van der Waals surface area (Å²) in [5.41, 5.74) is 2.63. The fourth-order valence-corrected chi connectivity index (χ4v) is 3.27. The third-order valence-electron chi connectivity index (χ3n) is 5.07. The molecule has 2 unspecified atom stereocenters. The van der Waals surface area contributed by atoms with Gasteiger partial charge in [0.2, 0.25) is 5.91 Å². The Balaban J connectivity index is 1.65. The largest absolute Gasteiger partial charge is 0.369 e. The lowest BCUT2D eigenvalue weighted by atomic mass is 10.1. The number of anilines is 1. The fraction of sp³-hybridized carbons (Fsp3) is 0.591. The van der Waals surface area contributed by atoms with E-state index in [1.807, 2.05) is 0 Å². The van der Waals surface area contributed by atoms with Crippen molar-refractivity contribution in [2.75, 3.05) is 44.2 Å². The van der Waals surface area contributed by atoms with Gasteiger partial charge in [0.05, 0.1) is 6.61 Å². The second kappa shape index (κ2) is 11.1. The van der Waals surface area contributed by atoms with Gasteiger partial charge in [0.1, 0.15) is 6.10 Å². The number of carbonyl (C=O) groups excluding carboxylic acids is 1. The van der Waals surface area contributed by atoms with Gasteiger partial charge in [0.25, 0.3) is 0 Å². The maximum atomic E-state index is 12.1. The number of benzene rings is 1. The summed E-state index contributed by atoms with van der Waals surface area (Å²) < 4.78 is 5.50. The average molecular weight is 374 g/mol. The molecule has 27 heavy (non-hydrogen) atoms. The Labute approximate surface area is 164 Å². The van der Waals surface area contributed by atoms with E-state index in [2.05, 4.69) is 59.8 Å². The lowest BCUT2D eigenvalue weighted by Gasteiger charge is -2.36. The fourth-order valence-electron chi connectivity index (χ4n) is 3.27. The standard InChI is InChI=1S/C22H35N3O2/c1-5-6-16-27-20(4)22(26)23-19(3)10-11-24-12-14-25(15-13-24)21-9-7-8-18(2)17-21/h5,7-9,17,19-20H,1,6,10-16H2,2-4H3,(H,23,26). The predicted octanol–water partition coefficient (Wildman–Crippen LogP) is 2.99. The number of hydrogen-bond acceptors (Lipinski definition) is 4. The third-order valence-corrected chi connectivity index (χ3v) is 5.07. The van der Waals surface area contributed by atoms with Gasteiger partial charge in [-0.15, -0.1) is 6.58 Å². The quantitative estimate of drug-likeness (QED) is 0.506. The van der Waals surface area contributed by atoms with Crippen LogP contribution in [0.1, 0.15) is 32.3 Å². The van der Waals surface area contributed by atoms with E-state index < -0.39 is 6.10 Å². The van der Waals surface area contributed by atoms with E-state index in [-0.39, 0.29) is 11.9 Å². The van der Waals surface area contributed by atoms with Crippen molar-refractivity contribution in [3.05, 3.63) is 42.5 Å². The summed E-state index contributed by atoms with van der Waals surface area (Å²) in [6.07, 6.45) is 3.11. The monoisotopic (exact) mass is 373 g/mol. The molecule has 1 aliphatic rings. The van der Waals surface area contributed by atoms with Gasteiger partial charge in [0, 0.05) is 44.5 Å². The highest BCUT2D eigenvalue weighted by Gasteiger charge is 2.19. The van der Waals surface area contributed by atoms with E-state index in [0.717, 1.165) is 45.6 Å². The molecule has 1 aromatic carbocycles. The molecule has 1 aromatic rings. The minimum atomic E-state index is -0.412. The molecule has 1 saturated heterocycles. The first-order valence-electron chi connectivity index (χ1n) is 10.1. The Hall–Kier alpha value is -1.85. The van der Waals surface area contributed by atoms with E-state index >= 15 is 0 Å². The van der Waals surface area contributed by atoms with Gasteiger partial charge in [-0.2, -0.15) is 0 Å². The lowest BCUT2D eigenvalue weighted by Crippen LogP contribution is -2.48. The first-order chi connectivity index (χ1) is 13.0. The predicted molar refractivity (Wildman–Crippen MR) is 112 cm³/mol. The Morgan fingerprint density at radius 1 is 1.30 bits per heavy atom. The molecule has 1 amide bonds. The zero-order chi connectivity index (χ0) is 19.6. The maximum absolute atomic E-state index is 12.1. The third kappa shape index (κ3) is 7.35. The summed E-state index contributed by atoms with van der Waals surface area (Å²) in [5.74, 6) is -0.0316. The molecule has 0 bridgehead atoms. The molecular weight excluding hydrogens is 338 g/mol. The number of amides is 1. The number of nitrogens with one attached hydrogen (secondary N) is 1. The van der Waals surface area contributed by atoms with E-state index in [4.69, 9.17) is 4.74 Å². The number of piperazine rings is 1. The first-order valence-corrected chi connectivity index (χ1v) is 10.1. The molecular formula is C22H35N3O2. The van der Waals surface area contributed by atoms with Crippen molar-refractivity contribution in [1.82, 2.24) is 10.2 Å². The van der Waals surface area contributed by atoms with Crippen LogP contribution < -0.4 is 10.2 Å². The van der Waals surface area contributed by atoms with Gasteiger partial charge in [-0.05, 0) is 51.3 Å². The molecule has 5 nitrogen and oxygen atoms in total. The minimum Gasteiger partial charge on any atom is -0.369 e. The molecule has 1 aliphatic heterocycles. The van der Waals surface area contributed by atoms with Crippen molar-refractivity contribution in [3.63, 3.8) is 0 Å². The number of carbonyl (C=O) groups is 1. The summed E-state index contributed by atoms with van der Waals surface area (Å²) in [6.45, 7) is 15.5. The van der Waals surface area contributed by atoms with E-state index in [0.29, 0.717) is 6.61 Å². The van der Waals surface area contributed by atoms with Crippen LogP contribution in [-0.4, -0.2) is 62.3 Å². The van der Waals surface area contributed by atoms with Crippen LogP contribution in [0.3, 0.4) is 0 Å². The Morgan fingerprint density at radius 3 is 2.70 bits per heavy atom. The molecule has 0 saturated carbocycles. The highest BCUT2D eigenvalue weighted by molar-refractivity contribution is 5.80. The molecule has 0 radical (unpaired) electrons. The Morgan fingerprint density at radius 2 is 2.04 bits per heavy atom. The van der Waals surface area contributed by atoms with Gasteiger partial charge in [-0.3, -0.25) is 9.69 Å². The van der Waals surface area contributed by atoms with Crippen molar-refractivity contribution < 1.29 is 9.53 Å². The summed E-state index contributed by atoms with van der Waals surface area (Å²) in [6, 6.07) is 8.87. The van der Waals surface area contributed by atoms with Gasteiger partial charge >= 0.3 is 0 Å². The summed E-state index contributed by atoms with van der Waals surface area (Å²) in [5, 5.41) is 3.06. The second-order valence-corrected chi connectivity index (χ2v) is 7.46. The summed E-state index contributed by atoms with van der Waals surface area (Å²) in [4.78, 5) is 17.1. The minimum absolute atomic E-state index is 0.0316. The van der Waals surface area contributed by atoms with Crippen LogP contribution in [0.4, 0.5) is 5.69 Å². The molecule has 0 spiro atoms. The molecule has 1 fully saturated rings. The first kappa shape index (κ1) is 21.5. The molecule has 5 heteroatoms. The molecule has 0 aliphatic carbocycles. The van der Waals surface area contributed by atoms with Crippen molar-refractivity contribution in [3.8, 4) is 0 Å². The number of hydrogen-bond donors (Lipinski definition) is 1. The van der Waals surface area contributed by atoms with Crippen LogP contribution in [0.25, 0.3) is 0 Å². The van der Waals surface area contributed by atoms with Crippen molar-refractivity contribution in [2.45, 2.75) is 45.8 Å². The van der Waals surface area contributed by atoms with Crippen LogP contribution in [0.2, 0.25) is 0 Å². The van der Waals surface area contributed by atoms with E-state index in [1.54, 1.807) is 13.0 Å². The van der Waals surface area contributed by atoms with Gasteiger partial charge in [-0.25, -0.2) is 0 Å². The topological polar surface area (TPSA) is 44.8 Å². The van der Waals surface area contributed by atoms with Crippen molar-refractivity contribution in [2.24, 2.45) is 0 Å². The molecule has 1 N–H and O–H groups in total. The molecule has 1 heterocycles. The van der Waals surface area contributed by atoms with Gasteiger partial charge in [-0.1, -0.05) is 18.2 Å². The highest BCUT2D eigenvalue weighted by atomic mass is 16.5. The van der Waals surface area contributed by atoms with Crippen LogP contribution in [0, 0.1) is 6.92 Å². The van der Waals surface area contributed by atoms with Gasteiger partial charge < -0.3 is 15.0 Å². The van der Waals surface area contributed by atoms with Crippen molar-refractivity contribution >= 4 is 11.6 Å². The normalized spacial score (nSPS) is 17.4. The zero-order valence-electron chi connectivity index (χ0n) is 17.1. The zero-order valence-corrected chi connectivity index (χ0v) is 17.1. The number of ether oxygens (including phenoxy) is 1. The summed E-state index contributed by atoms with van der Waals surface area (Å²) >= 11 is 0. The molecule has 150 valence electrons. The number of aryl methyl sites for hydroxylation is 1. The second-order valence-electron chi connectivity index (χ2n) is 7.46. The smallest absolute Gasteiger partial charge is 0.249 e. The number of nitrogens with zero attached hydrogens (tertiary/aromatic N) is 2.